The SMILES string of the molecule is CN1CCCC(OC(=O)C(N)(c2ccccc2)c2ccccc2)CC1. The van der Waals surface area contributed by atoms with Gasteiger partial charge in [-0.3, -0.25) is 0 Å². The lowest BCUT2D eigenvalue weighted by Crippen LogP contribution is -2.48. The summed E-state index contributed by atoms with van der Waals surface area (Å²) in [4.78, 5) is 15.4. The lowest BCUT2D eigenvalue weighted by molar-refractivity contribution is -0.155. The molecule has 1 fully saturated rings. The third-order valence-corrected chi connectivity index (χ3v) is 4.95. The Morgan fingerprint density at radius 3 is 2.12 bits per heavy atom. The quantitative estimate of drug-likeness (QED) is 0.871. The van der Waals surface area contributed by atoms with Crippen LogP contribution in [-0.2, 0) is 15.1 Å². The summed E-state index contributed by atoms with van der Waals surface area (Å²) in [7, 11) is 2.10. The molecule has 0 aromatic heterocycles. The number of ether oxygens (including phenoxy) is 1. The summed E-state index contributed by atoms with van der Waals surface area (Å²) in [6, 6.07) is 19.0. The molecule has 1 atom stereocenters. The van der Waals surface area contributed by atoms with Crippen molar-refractivity contribution in [3.05, 3.63) is 71.8 Å². The van der Waals surface area contributed by atoms with Crippen molar-refractivity contribution in [3.8, 4) is 0 Å². The highest BCUT2D eigenvalue weighted by molar-refractivity contribution is 5.87. The monoisotopic (exact) mass is 338 g/mol. The van der Waals surface area contributed by atoms with E-state index in [1.165, 1.54) is 0 Å². The first-order valence-corrected chi connectivity index (χ1v) is 8.90. The Morgan fingerprint density at radius 1 is 1.00 bits per heavy atom. The topological polar surface area (TPSA) is 55.6 Å². The van der Waals surface area contributed by atoms with Gasteiger partial charge in [0, 0.05) is 6.54 Å². The van der Waals surface area contributed by atoms with Gasteiger partial charge in [0.2, 0.25) is 0 Å². The second-order valence-electron chi connectivity index (χ2n) is 6.80. The highest BCUT2D eigenvalue weighted by atomic mass is 16.5. The first kappa shape index (κ1) is 17.6. The second kappa shape index (κ2) is 7.81. The number of esters is 1. The predicted molar refractivity (Wildman–Crippen MR) is 99.1 cm³/mol. The standard InChI is InChI=1S/C21H26N2O2/c1-23-15-8-13-19(14-16-23)25-20(24)21(22,17-9-4-2-5-10-17)18-11-6-3-7-12-18/h2-7,9-12,19H,8,13-16,22H2,1H3. The van der Waals surface area contributed by atoms with E-state index in [1.807, 2.05) is 60.7 Å². The Bertz CT molecular complexity index is 648. The molecular formula is C21H26N2O2. The Balaban J connectivity index is 1.88. The molecule has 1 heterocycles. The van der Waals surface area contributed by atoms with Gasteiger partial charge in [0.15, 0.2) is 5.54 Å². The number of likely N-dealkylation sites (tertiary alicyclic amines) is 1. The van der Waals surface area contributed by atoms with E-state index in [9.17, 15) is 4.79 Å². The number of carbonyl (C=O) groups is 1. The first-order valence-electron chi connectivity index (χ1n) is 8.90. The molecule has 4 nitrogen and oxygen atoms in total. The fourth-order valence-corrected chi connectivity index (χ4v) is 3.38. The van der Waals surface area contributed by atoms with Gasteiger partial charge in [-0.2, -0.15) is 0 Å². The smallest absolute Gasteiger partial charge is 0.335 e. The van der Waals surface area contributed by atoms with Crippen LogP contribution in [-0.4, -0.2) is 37.1 Å². The summed E-state index contributed by atoms with van der Waals surface area (Å²) >= 11 is 0. The average molecular weight is 338 g/mol. The van der Waals surface area contributed by atoms with Gasteiger partial charge in [0.1, 0.15) is 6.10 Å². The fraction of sp³-hybridized carbons (Fsp3) is 0.381. The van der Waals surface area contributed by atoms with Crippen molar-refractivity contribution >= 4 is 5.97 Å². The van der Waals surface area contributed by atoms with E-state index < -0.39 is 5.54 Å². The largest absolute Gasteiger partial charge is 0.460 e. The van der Waals surface area contributed by atoms with E-state index in [2.05, 4.69) is 11.9 Å². The molecule has 1 aliphatic heterocycles. The number of nitrogens with two attached hydrogens (primary N) is 1. The number of benzene rings is 2. The van der Waals surface area contributed by atoms with Gasteiger partial charge in [0.25, 0.3) is 0 Å². The molecule has 0 bridgehead atoms. The Kier molecular flexibility index (Phi) is 5.51. The predicted octanol–water partition coefficient (Wildman–Crippen LogP) is 2.92. The molecule has 1 aliphatic rings. The molecule has 132 valence electrons. The van der Waals surface area contributed by atoms with Gasteiger partial charge in [-0.05, 0) is 44.0 Å². The van der Waals surface area contributed by atoms with Crippen molar-refractivity contribution in [2.24, 2.45) is 5.73 Å². The molecule has 0 amide bonds. The summed E-state index contributed by atoms with van der Waals surface area (Å²) in [5, 5.41) is 0. The number of hydrogen-bond donors (Lipinski definition) is 1. The second-order valence-corrected chi connectivity index (χ2v) is 6.80. The minimum Gasteiger partial charge on any atom is -0.460 e. The average Bonchev–Trinajstić information content (AvgIpc) is 2.86. The number of hydrogen-bond acceptors (Lipinski definition) is 4. The van der Waals surface area contributed by atoms with E-state index in [4.69, 9.17) is 10.5 Å². The molecule has 2 N–H and O–H groups in total. The molecule has 0 radical (unpaired) electrons. The van der Waals surface area contributed by atoms with E-state index in [-0.39, 0.29) is 12.1 Å². The van der Waals surface area contributed by atoms with Crippen molar-refractivity contribution in [1.29, 1.82) is 0 Å². The highest BCUT2D eigenvalue weighted by Gasteiger charge is 2.40. The molecular weight excluding hydrogens is 312 g/mol. The lowest BCUT2D eigenvalue weighted by atomic mass is 9.83. The van der Waals surface area contributed by atoms with Crippen LogP contribution in [0, 0.1) is 0 Å². The molecule has 1 unspecified atom stereocenters. The van der Waals surface area contributed by atoms with Gasteiger partial charge in [-0.25, -0.2) is 4.79 Å². The first-order chi connectivity index (χ1) is 12.1. The summed E-state index contributed by atoms with van der Waals surface area (Å²) in [6.07, 6.45) is 2.69. The zero-order valence-electron chi connectivity index (χ0n) is 14.7. The summed E-state index contributed by atoms with van der Waals surface area (Å²) in [5.41, 5.74) is 6.89. The molecule has 2 aromatic rings. The van der Waals surface area contributed by atoms with E-state index in [0.29, 0.717) is 0 Å². The highest BCUT2D eigenvalue weighted by Crippen LogP contribution is 2.30. The maximum atomic E-state index is 13.2. The molecule has 1 saturated heterocycles. The summed E-state index contributed by atoms with van der Waals surface area (Å²) in [6.45, 7) is 1.98. The van der Waals surface area contributed by atoms with Crippen molar-refractivity contribution in [2.75, 3.05) is 20.1 Å². The van der Waals surface area contributed by atoms with Crippen molar-refractivity contribution < 1.29 is 9.53 Å². The minimum atomic E-state index is -1.29. The number of carbonyl (C=O) groups excluding carboxylic acids is 1. The van der Waals surface area contributed by atoms with Crippen molar-refractivity contribution in [3.63, 3.8) is 0 Å². The maximum absolute atomic E-state index is 13.2. The normalized spacial score (nSPS) is 19.2. The summed E-state index contributed by atoms with van der Waals surface area (Å²) < 4.78 is 5.90. The molecule has 0 saturated carbocycles. The van der Waals surface area contributed by atoms with Crippen LogP contribution in [0.1, 0.15) is 30.4 Å². The lowest BCUT2D eigenvalue weighted by Gasteiger charge is -2.30. The van der Waals surface area contributed by atoms with Crippen LogP contribution >= 0.6 is 0 Å². The Hall–Kier alpha value is -2.17. The van der Waals surface area contributed by atoms with Crippen LogP contribution in [0.4, 0.5) is 0 Å². The van der Waals surface area contributed by atoms with Gasteiger partial charge in [-0.1, -0.05) is 60.7 Å². The van der Waals surface area contributed by atoms with Gasteiger partial charge >= 0.3 is 5.97 Å². The van der Waals surface area contributed by atoms with Crippen molar-refractivity contribution in [1.82, 2.24) is 4.90 Å². The van der Waals surface area contributed by atoms with Gasteiger partial charge in [-0.15, -0.1) is 0 Å². The molecule has 3 rings (SSSR count). The van der Waals surface area contributed by atoms with Crippen LogP contribution in [0.5, 0.6) is 0 Å². The number of rotatable bonds is 4. The van der Waals surface area contributed by atoms with E-state index in [1.54, 1.807) is 0 Å². The van der Waals surface area contributed by atoms with E-state index >= 15 is 0 Å². The maximum Gasteiger partial charge on any atom is 0.335 e. The molecule has 2 aromatic carbocycles. The van der Waals surface area contributed by atoms with Crippen LogP contribution in [0.2, 0.25) is 0 Å². The minimum absolute atomic E-state index is 0.0761. The molecule has 4 heteroatoms. The van der Waals surface area contributed by atoms with Crippen LogP contribution in [0.25, 0.3) is 0 Å². The zero-order chi connectivity index (χ0) is 17.7. The van der Waals surface area contributed by atoms with Gasteiger partial charge in [0.05, 0.1) is 0 Å². The fourth-order valence-electron chi connectivity index (χ4n) is 3.38. The van der Waals surface area contributed by atoms with Crippen LogP contribution in [0.3, 0.4) is 0 Å². The van der Waals surface area contributed by atoms with E-state index in [0.717, 1.165) is 43.5 Å². The molecule has 0 aliphatic carbocycles. The van der Waals surface area contributed by atoms with Gasteiger partial charge < -0.3 is 15.4 Å². The Labute approximate surface area is 149 Å². The number of nitrogens with zero attached hydrogens (tertiary/aromatic N) is 1. The van der Waals surface area contributed by atoms with Crippen LogP contribution in [0.15, 0.2) is 60.7 Å². The zero-order valence-corrected chi connectivity index (χ0v) is 14.7. The summed E-state index contributed by atoms with van der Waals surface area (Å²) in [5.74, 6) is -0.376. The Morgan fingerprint density at radius 2 is 1.56 bits per heavy atom. The third-order valence-electron chi connectivity index (χ3n) is 4.95. The van der Waals surface area contributed by atoms with Crippen molar-refractivity contribution in [2.45, 2.75) is 30.9 Å². The third kappa shape index (κ3) is 3.91. The van der Waals surface area contributed by atoms with Crippen LogP contribution < -0.4 is 5.73 Å². The molecule has 25 heavy (non-hydrogen) atoms. The molecule has 0 spiro atoms.